The Morgan fingerprint density at radius 3 is 2.93 bits per heavy atom. The van der Waals surface area contributed by atoms with Gasteiger partial charge in [0.25, 0.3) is 0 Å². The molecular formula is C11H12O3S. The molecule has 1 unspecified atom stereocenters. The fourth-order valence-corrected chi connectivity index (χ4v) is 3.07. The first-order chi connectivity index (χ1) is 7.11. The van der Waals surface area contributed by atoms with Crippen LogP contribution in [0.4, 0.5) is 0 Å². The van der Waals surface area contributed by atoms with Crippen LogP contribution in [0.5, 0.6) is 0 Å². The molecule has 0 fully saturated rings. The van der Waals surface area contributed by atoms with Gasteiger partial charge in [0.05, 0.1) is 11.7 Å². The molecule has 1 aromatic rings. The van der Waals surface area contributed by atoms with E-state index in [4.69, 9.17) is 5.11 Å². The summed E-state index contributed by atoms with van der Waals surface area (Å²) in [5, 5.41) is 18.8. The molecule has 1 aliphatic rings. The van der Waals surface area contributed by atoms with Crippen LogP contribution in [0.15, 0.2) is 17.0 Å². The summed E-state index contributed by atoms with van der Waals surface area (Å²) >= 11 is 1.67. The molecule has 0 aliphatic carbocycles. The molecule has 0 amide bonds. The third-order valence-electron chi connectivity index (χ3n) is 2.69. The molecule has 2 rings (SSSR count). The zero-order valence-corrected chi connectivity index (χ0v) is 9.17. The lowest BCUT2D eigenvalue weighted by Gasteiger charge is -2.23. The van der Waals surface area contributed by atoms with Crippen LogP contribution < -0.4 is 0 Å². The van der Waals surface area contributed by atoms with Crippen LogP contribution in [0.1, 0.15) is 34.0 Å². The molecule has 4 heteroatoms. The highest BCUT2D eigenvalue weighted by Crippen LogP contribution is 2.38. The van der Waals surface area contributed by atoms with Crippen molar-refractivity contribution in [2.75, 3.05) is 5.75 Å². The van der Waals surface area contributed by atoms with Crippen molar-refractivity contribution >= 4 is 17.7 Å². The van der Waals surface area contributed by atoms with Crippen LogP contribution in [0, 0.1) is 6.92 Å². The lowest BCUT2D eigenvalue weighted by Crippen LogP contribution is -2.12. The van der Waals surface area contributed by atoms with Gasteiger partial charge in [0.1, 0.15) is 0 Å². The number of hydrogen-bond acceptors (Lipinski definition) is 3. The van der Waals surface area contributed by atoms with Crippen LogP contribution in [0.3, 0.4) is 0 Å². The SMILES string of the molecule is Cc1c(C(=O)O)ccc2c1C(O)CCS2. The Balaban J connectivity index is 2.59. The molecular weight excluding hydrogens is 212 g/mol. The standard InChI is InChI=1S/C11H12O3S/c1-6-7(11(13)14)2-3-9-10(6)8(12)4-5-15-9/h2-3,8,12H,4-5H2,1H3,(H,13,14). The maximum Gasteiger partial charge on any atom is 0.335 e. The van der Waals surface area contributed by atoms with Gasteiger partial charge in [-0.05, 0) is 36.6 Å². The normalized spacial score (nSPS) is 19.7. The number of aliphatic hydroxyl groups is 1. The van der Waals surface area contributed by atoms with Crippen LogP contribution in [0.25, 0.3) is 0 Å². The third-order valence-corrected chi connectivity index (χ3v) is 3.79. The largest absolute Gasteiger partial charge is 0.478 e. The number of thioether (sulfide) groups is 1. The molecule has 0 saturated heterocycles. The Bertz CT molecular complexity index is 415. The summed E-state index contributed by atoms with van der Waals surface area (Å²) in [7, 11) is 0. The molecule has 0 saturated carbocycles. The quantitative estimate of drug-likeness (QED) is 0.768. The van der Waals surface area contributed by atoms with E-state index < -0.39 is 12.1 Å². The van der Waals surface area contributed by atoms with Crippen molar-refractivity contribution in [3.8, 4) is 0 Å². The van der Waals surface area contributed by atoms with E-state index in [1.165, 1.54) is 0 Å². The molecule has 1 aromatic carbocycles. The van der Waals surface area contributed by atoms with Gasteiger partial charge < -0.3 is 10.2 Å². The molecule has 3 nitrogen and oxygen atoms in total. The number of benzene rings is 1. The van der Waals surface area contributed by atoms with Gasteiger partial charge in [-0.1, -0.05) is 0 Å². The van der Waals surface area contributed by atoms with Gasteiger partial charge in [-0.25, -0.2) is 4.79 Å². The van der Waals surface area contributed by atoms with Crippen molar-refractivity contribution < 1.29 is 15.0 Å². The van der Waals surface area contributed by atoms with Crippen molar-refractivity contribution in [1.29, 1.82) is 0 Å². The second kappa shape index (κ2) is 3.87. The first-order valence-electron chi connectivity index (χ1n) is 4.79. The molecule has 0 spiro atoms. The number of carboxylic acid groups (broad SMARTS) is 1. The topological polar surface area (TPSA) is 57.5 Å². The average Bonchev–Trinajstić information content (AvgIpc) is 2.17. The number of rotatable bonds is 1. The van der Waals surface area contributed by atoms with Gasteiger partial charge in [-0.15, -0.1) is 11.8 Å². The van der Waals surface area contributed by atoms with Crippen molar-refractivity contribution in [3.63, 3.8) is 0 Å². The Labute approximate surface area is 92.1 Å². The number of carboxylic acids is 1. The first kappa shape index (κ1) is 10.5. The highest BCUT2D eigenvalue weighted by atomic mass is 32.2. The van der Waals surface area contributed by atoms with E-state index in [1.807, 2.05) is 0 Å². The fraction of sp³-hybridized carbons (Fsp3) is 0.364. The summed E-state index contributed by atoms with van der Waals surface area (Å²) < 4.78 is 0. The first-order valence-corrected chi connectivity index (χ1v) is 5.77. The van der Waals surface area contributed by atoms with E-state index in [1.54, 1.807) is 30.8 Å². The number of carbonyl (C=O) groups is 1. The minimum atomic E-state index is -0.932. The number of aromatic carboxylic acids is 1. The zero-order valence-electron chi connectivity index (χ0n) is 8.36. The molecule has 80 valence electrons. The van der Waals surface area contributed by atoms with Gasteiger partial charge in [-0.2, -0.15) is 0 Å². The molecule has 0 aromatic heterocycles. The molecule has 15 heavy (non-hydrogen) atoms. The van der Waals surface area contributed by atoms with Crippen molar-refractivity contribution in [2.24, 2.45) is 0 Å². The van der Waals surface area contributed by atoms with Gasteiger partial charge in [0.15, 0.2) is 0 Å². The molecule has 1 aliphatic heterocycles. The lowest BCUT2D eigenvalue weighted by atomic mass is 9.96. The van der Waals surface area contributed by atoms with E-state index in [-0.39, 0.29) is 5.56 Å². The Hall–Kier alpha value is -1.00. The summed E-state index contributed by atoms with van der Waals surface area (Å²) in [5.74, 6) is -0.0434. The van der Waals surface area contributed by atoms with Crippen molar-refractivity contribution in [3.05, 3.63) is 28.8 Å². The molecule has 2 N–H and O–H groups in total. The van der Waals surface area contributed by atoms with Crippen molar-refractivity contribution in [1.82, 2.24) is 0 Å². The minimum Gasteiger partial charge on any atom is -0.478 e. The summed E-state index contributed by atoms with van der Waals surface area (Å²) in [6.45, 7) is 1.76. The van der Waals surface area contributed by atoms with Gasteiger partial charge >= 0.3 is 5.97 Å². The molecule has 0 bridgehead atoms. The van der Waals surface area contributed by atoms with E-state index in [0.29, 0.717) is 12.0 Å². The third kappa shape index (κ3) is 1.75. The summed E-state index contributed by atoms with van der Waals surface area (Å²) in [6, 6.07) is 3.40. The van der Waals surface area contributed by atoms with E-state index >= 15 is 0 Å². The maximum absolute atomic E-state index is 10.9. The van der Waals surface area contributed by atoms with Crippen LogP contribution in [-0.2, 0) is 0 Å². The fourth-order valence-electron chi connectivity index (χ4n) is 1.90. The van der Waals surface area contributed by atoms with E-state index in [0.717, 1.165) is 16.2 Å². The summed E-state index contributed by atoms with van der Waals surface area (Å²) in [5.41, 5.74) is 1.78. The van der Waals surface area contributed by atoms with Crippen molar-refractivity contribution in [2.45, 2.75) is 24.3 Å². The highest BCUT2D eigenvalue weighted by molar-refractivity contribution is 7.99. The predicted molar refractivity (Wildman–Crippen MR) is 58.4 cm³/mol. The van der Waals surface area contributed by atoms with Crippen LogP contribution in [-0.4, -0.2) is 21.9 Å². The highest BCUT2D eigenvalue weighted by Gasteiger charge is 2.23. The minimum absolute atomic E-state index is 0.287. The zero-order chi connectivity index (χ0) is 11.0. The van der Waals surface area contributed by atoms with Gasteiger partial charge in [0.2, 0.25) is 0 Å². The number of aliphatic hydroxyl groups excluding tert-OH is 1. The Morgan fingerprint density at radius 1 is 1.53 bits per heavy atom. The second-order valence-electron chi connectivity index (χ2n) is 3.61. The smallest absolute Gasteiger partial charge is 0.335 e. The molecule has 0 radical (unpaired) electrons. The second-order valence-corrected chi connectivity index (χ2v) is 4.74. The van der Waals surface area contributed by atoms with E-state index in [9.17, 15) is 9.90 Å². The number of fused-ring (bicyclic) bond motifs is 1. The predicted octanol–water partition coefficient (Wildman–Crippen LogP) is 2.22. The Kier molecular flexibility index (Phi) is 2.71. The van der Waals surface area contributed by atoms with Crippen LogP contribution >= 0.6 is 11.8 Å². The molecule has 1 atom stereocenters. The monoisotopic (exact) mass is 224 g/mol. The molecule has 1 heterocycles. The van der Waals surface area contributed by atoms with E-state index in [2.05, 4.69) is 0 Å². The Morgan fingerprint density at radius 2 is 2.27 bits per heavy atom. The average molecular weight is 224 g/mol. The maximum atomic E-state index is 10.9. The summed E-state index contributed by atoms with van der Waals surface area (Å²) in [6.07, 6.45) is 0.183. The van der Waals surface area contributed by atoms with Gasteiger partial charge in [-0.3, -0.25) is 0 Å². The number of hydrogen-bond donors (Lipinski definition) is 2. The lowest BCUT2D eigenvalue weighted by molar-refractivity contribution is 0.0695. The van der Waals surface area contributed by atoms with Crippen LogP contribution in [0.2, 0.25) is 0 Å². The van der Waals surface area contributed by atoms with Gasteiger partial charge in [0, 0.05) is 10.6 Å². The summed E-state index contributed by atoms with van der Waals surface area (Å²) in [4.78, 5) is 11.9.